The molecule has 26 heavy (non-hydrogen) atoms. The van der Waals surface area contributed by atoms with E-state index in [9.17, 15) is 25.2 Å². The molecule has 0 aromatic carbocycles. The molecular formula is C20H34O6. The third-order valence-electron chi connectivity index (χ3n) is 4.93. The number of carbonyl (C=O) groups is 1. The van der Waals surface area contributed by atoms with Crippen LogP contribution in [-0.2, 0) is 4.79 Å². The first-order valence-electron chi connectivity index (χ1n) is 9.58. The number of unbranched alkanes of at least 4 members (excludes halogenated alkanes) is 1. The lowest BCUT2D eigenvalue weighted by atomic mass is 9.89. The van der Waals surface area contributed by atoms with Gasteiger partial charge >= 0.3 is 5.97 Å². The molecule has 6 nitrogen and oxygen atoms in total. The van der Waals surface area contributed by atoms with Gasteiger partial charge in [0.1, 0.15) is 0 Å². The molecule has 0 radical (unpaired) electrons. The van der Waals surface area contributed by atoms with E-state index >= 15 is 0 Å². The highest BCUT2D eigenvalue weighted by Crippen LogP contribution is 2.36. The Hall–Kier alpha value is -1.21. The molecule has 1 aliphatic rings. The van der Waals surface area contributed by atoms with Crippen LogP contribution in [0.2, 0.25) is 0 Å². The summed E-state index contributed by atoms with van der Waals surface area (Å²) >= 11 is 0. The maximum atomic E-state index is 10.5. The average molecular weight is 370 g/mol. The van der Waals surface area contributed by atoms with Crippen molar-refractivity contribution in [3.63, 3.8) is 0 Å². The zero-order valence-electron chi connectivity index (χ0n) is 15.6. The predicted octanol–water partition coefficient (Wildman–Crippen LogP) is 2.01. The van der Waals surface area contributed by atoms with E-state index in [2.05, 4.69) is 0 Å². The average Bonchev–Trinajstić information content (AvgIpc) is 2.81. The van der Waals surface area contributed by atoms with Crippen LogP contribution in [0.3, 0.4) is 0 Å². The molecule has 0 unspecified atom stereocenters. The van der Waals surface area contributed by atoms with Gasteiger partial charge in [0.25, 0.3) is 0 Å². The molecule has 1 rings (SSSR count). The molecule has 0 heterocycles. The molecule has 0 aromatic rings. The van der Waals surface area contributed by atoms with Gasteiger partial charge in [-0.1, -0.05) is 24.3 Å². The Labute approximate surface area is 155 Å². The molecule has 1 saturated carbocycles. The fraction of sp³-hybridized carbons (Fsp3) is 0.750. The fourth-order valence-electron chi connectivity index (χ4n) is 3.42. The summed E-state index contributed by atoms with van der Waals surface area (Å²) in [4.78, 5) is 10.5. The Balaban J connectivity index is 2.46. The van der Waals surface area contributed by atoms with Gasteiger partial charge in [0.15, 0.2) is 0 Å². The normalized spacial score (nSPS) is 28.8. The van der Waals surface area contributed by atoms with Crippen molar-refractivity contribution in [2.45, 2.75) is 82.7 Å². The summed E-state index contributed by atoms with van der Waals surface area (Å²) in [6.07, 6.45) is 9.41. The van der Waals surface area contributed by atoms with Crippen LogP contribution in [0.25, 0.3) is 0 Å². The lowest BCUT2D eigenvalue weighted by molar-refractivity contribution is -0.137. The molecular weight excluding hydrogens is 336 g/mol. The zero-order valence-corrected chi connectivity index (χ0v) is 15.6. The van der Waals surface area contributed by atoms with Gasteiger partial charge < -0.3 is 25.5 Å². The van der Waals surface area contributed by atoms with Crippen LogP contribution >= 0.6 is 0 Å². The van der Waals surface area contributed by atoms with E-state index in [1.807, 2.05) is 12.2 Å². The van der Waals surface area contributed by atoms with Gasteiger partial charge in [-0.3, -0.25) is 4.79 Å². The number of carboxylic acids is 1. The van der Waals surface area contributed by atoms with Crippen molar-refractivity contribution >= 4 is 5.97 Å². The van der Waals surface area contributed by atoms with Crippen molar-refractivity contribution in [3.8, 4) is 0 Å². The van der Waals surface area contributed by atoms with Crippen LogP contribution in [0.4, 0.5) is 0 Å². The molecule has 1 fully saturated rings. The van der Waals surface area contributed by atoms with Gasteiger partial charge in [-0.15, -0.1) is 0 Å². The van der Waals surface area contributed by atoms with E-state index in [1.165, 1.54) is 0 Å². The summed E-state index contributed by atoms with van der Waals surface area (Å²) in [5, 5.41) is 48.2. The van der Waals surface area contributed by atoms with Gasteiger partial charge in [0.2, 0.25) is 0 Å². The third kappa shape index (κ3) is 8.94. The van der Waals surface area contributed by atoms with Crippen molar-refractivity contribution in [2.24, 2.45) is 11.8 Å². The topological polar surface area (TPSA) is 118 Å². The highest BCUT2D eigenvalue weighted by molar-refractivity contribution is 5.66. The number of aliphatic hydroxyl groups is 4. The summed E-state index contributed by atoms with van der Waals surface area (Å²) < 4.78 is 0. The number of allylic oxidation sites excluding steroid dienone is 2. The molecule has 0 aromatic heterocycles. The van der Waals surface area contributed by atoms with E-state index in [-0.39, 0.29) is 24.4 Å². The second-order valence-electron chi connectivity index (χ2n) is 7.34. The maximum Gasteiger partial charge on any atom is 0.303 e. The molecule has 150 valence electrons. The fourth-order valence-corrected chi connectivity index (χ4v) is 3.42. The molecule has 6 heteroatoms. The molecule has 0 amide bonds. The van der Waals surface area contributed by atoms with Gasteiger partial charge in [-0.05, 0) is 51.4 Å². The highest BCUT2D eigenvalue weighted by atomic mass is 16.4. The van der Waals surface area contributed by atoms with Crippen LogP contribution in [0, 0.1) is 11.8 Å². The Kier molecular flexibility index (Phi) is 10.7. The van der Waals surface area contributed by atoms with Crippen molar-refractivity contribution in [2.75, 3.05) is 0 Å². The highest BCUT2D eigenvalue weighted by Gasteiger charge is 2.39. The van der Waals surface area contributed by atoms with Crippen LogP contribution in [-0.4, -0.2) is 55.9 Å². The predicted molar refractivity (Wildman–Crippen MR) is 99.5 cm³/mol. The summed E-state index contributed by atoms with van der Waals surface area (Å²) in [7, 11) is 0. The van der Waals surface area contributed by atoms with Gasteiger partial charge in [-0.2, -0.15) is 0 Å². The summed E-state index contributed by atoms with van der Waals surface area (Å²) in [5.41, 5.74) is 0. The number of aliphatic carboxylic acids is 1. The first-order chi connectivity index (χ1) is 12.3. The van der Waals surface area contributed by atoms with Crippen LogP contribution in [0.15, 0.2) is 24.3 Å². The first-order valence-corrected chi connectivity index (χ1v) is 9.58. The summed E-state index contributed by atoms with van der Waals surface area (Å²) in [6, 6.07) is 0. The number of aliphatic hydroxyl groups excluding tert-OH is 4. The largest absolute Gasteiger partial charge is 0.481 e. The molecule has 0 aliphatic heterocycles. The number of hydrogen-bond donors (Lipinski definition) is 5. The Morgan fingerprint density at radius 3 is 2.50 bits per heavy atom. The van der Waals surface area contributed by atoms with Crippen LogP contribution < -0.4 is 0 Å². The van der Waals surface area contributed by atoms with E-state index in [0.29, 0.717) is 38.5 Å². The van der Waals surface area contributed by atoms with Crippen molar-refractivity contribution in [1.82, 2.24) is 0 Å². The summed E-state index contributed by atoms with van der Waals surface area (Å²) in [5.74, 6) is -1.12. The third-order valence-corrected chi connectivity index (χ3v) is 4.93. The minimum absolute atomic E-state index is 0.110. The smallest absolute Gasteiger partial charge is 0.303 e. The van der Waals surface area contributed by atoms with Crippen molar-refractivity contribution < 1.29 is 30.3 Å². The van der Waals surface area contributed by atoms with E-state index in [0.717, 1.165) is 6.42 Å². The molecule has 6 atom stereocenters. The molecule has 5 N–H and O–H groups in total. The molecule has 0 spiro atoms. The van der Waals surface area contributed by atoms with E-state index in [1.54, 1.807) is 19.1 Å². The Bertz CT molecular complexity index is 459. The number of rotatable bonds is 12. The van der Waals surface area contributed by atoms with Crippen LogP contribution in [0.5, 0.6) is 0 Å². The lowest BCUT2D eigenvalue weighted by Gasteiger charge is -2.19. The van der Waals surface area contributed by atoms with Gasteiger partial charge in [0, 0.05) is 18.8 Å². The zero-order chi connectivity index (χ0) is 19.5. The molecule has 0 saturated heterocycles. The van der Waals surface area contributed by atoms with Crippen molar-refractivity contribution in [1.29, 1.82) is 0 Å². The van der Waals surface area contributed by atoms with Crippen LogP contribution in [0.1, 0.15) is 58.3 Å². The maximum absolute atomic E-state index is 10.5. The quantitative estimate of drug-likeness (QED) is 0.265. The lowest BCUT2D eigenvalue weighted by Crippen LogP contribution is -2.20. The minimum atomic E-state index is -0.801. The second kappa shape index (κ2) is 12.2. The monoisotopic (exact) mass is 370 g/mol. The van der Waals surface area contributed by atoms with Gasteiger partial charge in [-0.25, -0.2) is 0 Å². The second-order valence-corrected chi connectivity index (χ2v) is 7.34. The van der Waals surface area contributed by atoms with Gasteiger partial charge in [0.05, 0.1) is 24.4 Å². The van der Waals surface area contributed by atoms with E-state index < -0.39 is 24.3 Å². The minimum Gasteiger partial charge on any atom is -0.481 e. The summed E-state index contributed by atoms with van der Waals surface area (Å²) in [6.45, 7) is 1.72. The molecule has 0 bridgehead atoms. The number of hydrogen-bond acceptors (Lipinski definition) is 5. The first kappa shape index (κ1) is 22.8. The number of carboxylic acid groups (broad SMARTS) is 1. The Morgan fingerprint density at radius 1 is 1.12 bits per heavy atom. The standard InChI is InChI=1S/C20H34O6/c1-14(21)7-6-8-15(22)11-12-17-16(18(23)13-19(17)24)9-4-2-3-5-10-20(25)26/h2,4,11-12,14-19,21-24H,3,5-10,13H2,1H3,(H,25,26)/b4-2?,12-11+/t14-,15-,16-,17-,18+,19-/m1/s1. The Morgan fingerprint density at radius 2 is 1.85 bits per heavy atom. The molecule has 1 aliphatic carbocycles. The SMILES string of the molecule is C[C@@H](O)CCC[C@@H](O)/C=C/[C@@H]1[C@@H](CC=CCCCC(=O)O)[C@@H](O)C[C@H]1O. The van der Waals surface area contributed by atoms with Crippen molar-refractivity contribution in [3.05, 3.63) is 24.3 Å². The van der Waals surface area contributed by atoms with E-state index in [4.69, 9.17) is 5.11 Å².